The van der Waals surface area contributed by atoms with Crippen molar-refractivity contribution in [2.75, 3.05) is 20.8 Å². The number of carbonyl (C=O) groups excluding carboxylic acids is 3. The van der Waals surface area contributed by atoms with Crippen LogP contribution in [-0.4, -0.2) is 63.0 Å². The highest BCUT2D eigenvalue weighted by atomic mass is 16.7. The summed E-state index contributed by atoms with van der Waals surface area (Å²) in [7, 11) is 1.66. The van der Waals surface area contributed by atoms with E-state index in [2.05, 4.69) is 14.8 Å². The van der Waals surface area contributed by atoms with E-state index in [0.717, 1.165) is 0 Å². The highest BCUT2D eigenvalue weighted by molar-refractivity contribution is 6.62. The van der Waals surface area contributed by atoms with Gasteiger partial charge in [-0.25, -0.2) is 4.79 Å². The molecule has 0 spiro atoms. The number of hydrogen-bond donors (Lipinski definition) is 1. The molecule has 170 valence electrons. The molecular weight excluding hydrogens is 405 g/mol. The lowest BCUT2D eigenvalue weighted by Crippen LogP contribution is -2.43. The Morgan fingerprint density at radius 1 is 1.03 bits per heavy atom. The molecule has 31 heavy (non-hydrogen) atoms. The Balaban J connectivity index is 2.33. The van der Waals surface area contributed by atoms with Gasteiger partial charge in [0.2, 0.25) is 0 Å². The summed E-state index contributed by atoms with van der Waals surface area (Å²) in [6, 6.07) is 3.70. The standard InChI is InChI=1S/C21H30BNO8/c1-8-29-15-10-13(18(25)23-16(19(26)28-7)12-17(24)27-6)9-14(11-15)22-30-20(2,3)21(4,5)31-22/h9-11,16H,8,12H2,1-7H3,(H,23,25). The molecule has 1 saturated heterocycles. The molecule has 1 aliphatic heterocycles. The Morgan fingerprint density at radius 2 is 1.65 bits per heavy atom. The lowest BCUT2D eigenvalue weighted by Gasteiger charge is -2.32. The average Bonchev–Trinajstić information content (AvgIpc) is 2.93. The van der Waals surface area contributed by atoms with Crippen molar-refractivity contribution in [2.45, 2.75) is 58.3 Å². The van der Waals surface area contributed by atoms with Gasteiger partial charge in [-0.1, -0.05) is 0 Å². The van der Waals surface area contributed by atoms with Crippen molar-refractivity contribution in [1.29, 1.82) is 0 Å². The zero-order valence-electron chi connectivity index (χ0n) is 19.1. The molecule has 2 rings (SSSR count). The van der Waals surface area contributed by atoms with E-state index in [-0.39, 0.29) is 12.0 Å². The monoisotopic (exact) mass is 435 g/mol. The van der Waals surface area contributed by atoms with Crippen molar-refractivity contribution in [3.63, 3.8) is 0 Å². The van der Waals surface area contributed by atoms with Gasteiger partial charge in [0, 0.05) is 5.56 Å². The molecule has 1 heterocycles. The molecule has 1 aromatic carbocycles. The Hall–Kier alpha value is -2.59. The van der Waals surface area contributed by atoms with Crippen LogP contribution in [0.1, 0.15) is 51.4 Å². The van der Waals surface area contributed by atoms with Crippen LogP contribution in [0.4, 0.5) is 0 Å². The lowest BCUT2D eigenvalue weighted by molar-refractivity contribution is -0.149. The number of rotatable bonds is 8. The predicted molar refractivity (Wildman–Crippen MR) is 113 cm³/mol. The number of hydrogen-bond acceptors (Lipinski definition) is 8. The maximum Gasteiger partial charge on any atom is 0.494 e. The number of carbonyl (C=O) groups is 3. The largest absolute Gasteiger partial charge is 0.494 e. The molecule has 9 nitrogen and oxygen atoms in total. The van der Waals surface area contributed by atoms with Crippen molar-refractivity contribution in [3.8, 4) is 5.75 Å². The molecule has 0 radical (unpaired) electrons. The summed E-state index contributed by atoms with van der Waals surface area (Å²) >= 11 is 0. The van der Waals surface area contributed by atoms with E-state index < -0.39 is 42.2 Å². The van der Waals surface area contributed by atoms with E-state index in [1.807, 2.05) is 34.6 Å². The van der Waals surface area contributed by atoms with Crippen LogP contribution in [0.25, 0.3) is 0 Å². The molecule has 0 bridgehead atoms. The average molecular weight is 435 g/mol. The molecule has 1 aromatic rings. The minimum Gasteiger partial charge on any atom is -0.494 e. The van der Waals surface area contributed by atoms with Gasteiger partial charge in [0.05, 0.1) is 38.4 Å². The van der Waals surface area contributed by atoms with E-state index >= 15 is 0 Å². The third-order valence-electron chi connectivity index (χ3n) is 5.42. The smallest absolute Gasteiger partial charge is 0.494 e. The Labute approximate surface area is 182 Å². The molecular formula is C21H30BNO8. The number of amides is 1. The topological polar surface area (TPSA) is 109 Å². The minimum absolute atomic E-state index is 0.217. The van der Waals surface area contributed by atoms with Crippen LogP contribution >= 0.6 is 0 Å². The molecule has 0 aliphatic carbocycles. The van der Waals surface area contributed by atoms with Gasteiger partial charge < -0.3 is 28.8 Å². The molecule has 1 N–H and O–H groups in total. The first-order valence-electron chi connectivity index (χ1n) is 10.0. The fraction of sp³-hybridized carbons (Fsp3) is 0.571. The maximum absolute atomic E-state index is 12.9. The van der Waals surface area contributed by atoms with E-state index in [9.17, 15) is 14.4 Å². The van der Waals surface area contributed by atoms with Gasteiger partial charge in [0.25, 0.3) is 5.91 Å². The quantitative estimate of drug-likeness (QED) is 0.480. The second-order valence-electron chi connectivity index (χ2n) is 8.14. The first kappa shape index (κ1) is 24.7. The van der Waals surface area contributed by atoms with Gasteiger partial charge in [-0.05, 0) is 58.3 Å². The molecule has 0 saturated carbocycles. The summed E-state index contributed by atoms with van der Waals surface area (Å²) in [4.78, 5) is 36.5. The van der Waals surface area contributed by atoms with Crippen LogP contribution in [0.3, 0.4) is 0 Å². The van der Waals surface area contributed by atoms with Crippen LogP contribution in [0.15, 0.2) is 18.2 Å². The minimum atomic E-state index is -1.19. The molecule has 1 amide bonds. The van der Waals surface area contributed by atoms with Crippen LogP contribution < -0.4 is 15.5 Å². The van der Waals surface area contributed by atoms with Crippen molar-refractivity contribution < 1.29 is 37.9 Å². The molecule has 1 aliphatic rings. The van der Waals surface area contributed by atoms with Crippen molar-refractivity contribution in [1.82, 2.24) is 5.32 Å². The third-order valence-corrected chi connectivity index (χ3v) is 5.42. The fourth-order valence-corrected chi connectivity index (χ4v) is 2.95. The number of methoxy groups -OCH3 is 2. The Bertz CT molecular complexity index is 823. The van der Waals surface area contributed by atoms with Crippen LogP contribution in [-0.2, 0) is 28.4 Å². The molecule has 0 aromatic heterocycles. The normalized spacial score (nSPS) is 17.6. The predicted octanol–water partition coefficient (Wildman–Crippen LogP) is 1.22. The highest BCUT2D eigenvalue weighted by Gasteiger charge is 2.51. The van der Waals surface area contributed by atoms with Gasteiger partial charge >= 0.3 is 19.1 Å². The maximum atomic E-state index is 12.9. The highest BCUT2D eigenvalue weighted by Crippen LogP contribution is 2.36. The summed E-state index contributed by atoms with van der Waals surface area (Å²) in [5, 5.41) is 2.52. The molecule has 1 atom stereocenters. The second kappa shape index (κ2) is 9.70. The fourth-order valence-electron chi connectivity index (χ4n) is 2.95. The van der Waals surface area contributed by atoms with Gasteiger partial charge in [-0.15, -0.1) is 0 Å². The molecule has 10 heteroatoms. The number of nitrogens with one attached hydrogen (secondary N) is 1. The molecule has 1 unspecified atom stereocenters. The Morgan fingerprint density at radius 3 is 2.16 bits per heavy atom. The second-order valence-corrected chi connectivity index (χ2v) is 8.14. The van der Waals surface area contributed by atoms with E-state index in [1.54, 1.807) is 18.2 Å². The summed E-state index contributed by atoms with van der Waals surface area (Å²) in [6.07, 6.45) is -0.357. The van der Waals surface area contributed by atoms with Gasteiger partial charge in [-0.3, -0.25) is 9.59 Å². The van der Waals surface area contributed by atoms with Crippen LogP contribution in [0.2, 0.25) is 0 Å². The number of ether oxygens (including phenoxy) is 3. The zero-order chi connectivity index (χ0) is 23.4. The number of benzene rings is 1. The van der Waals surface area contributed by atoms with Crippen molar-refractivity contribution in [2.24, 2.45) is 0 Å². The van der Waals surface area contributed by atoms with Gasteiger partial charge in [0.15, 0.2) is 0 Å². The van der Waals surface area contributed by atoms with Gasteiger partial charge in [0.1, 0.15) is 11.8 Å². The summed E-state index contributed by atoms with van der Waals surface area (Å²) in [6.45, 7) is 9.94. The third kappa shape index (κ3) is 5.77. The summed E-state index contributed by atoms with van der Waals surface area (Å²) in [5.41, 5.74) is -0.303. The van der Waals surface area contributed by atoms with Crippen LogP contribution in [0, 0.1) is 0 Å². The zero-order valence-corrected chi connectivity index (χ0v) is 19.1. The van der Waals surface area contributed by atoms with Crippen LogP contribution in [0.5, 0.6) is 5.75 Å². The first-order chi connectivity index (χ1) is 14.4. The van der Waals surface area contributed by atoms with E-state index in [0.29, 0.717) is 17.8 Å². The van der Waals surface area contributed by atoms with E-state index in [1.165, 1.54) is 14.2 Å². The lowest BCUT2D eigenvalue weighted by atomic mass is 9.78. The van der Waals surface area contributed by atoms with E-state index in [4.69, 9.17) is 14.0 Å². The SMILES string of the molecule is CCOc1cc(B2OC(C)(C)C(C)(C)O2)cc(C(=O)NC(CC(=O)OC)C(=O)OC)c1. The van der Waals surface area contributed by atoms with Crippen molar-refractivity contribution in [3.05, 3.63) is 23.8 Å². The summed E-state index contributed by atoms with van der Waals surface area (Å²) in [5.74, 6) is -1.55. The molecule has 1 fully saturated rings. The Kier molecular flexibility index (Phi) is 7.72. The number of esters is 2. The van der Waals surface area contributed by atoms with Crippen molar-refractivity contribution >= 4 is 30.4 Å². The first-order valence-corrected chi connectivity index (χ1v) is 10.0. The summed E-state index contributed by atoms with van der Waals surface area (Å²) < 4.78 is 27.0. The van der Waals surface area contributed by atoms with Gasteiger partial charge in [-0.2, -0.15) is 0 Å².